The molecule has 0 aliphatic rings. The van der Waals surface area contributed by atoms with Crippen molar-refractivity contribution in [2.75, 3.05) is 0 Å². The molecule has 0 fully saturated rings. The molecular weight excluding hydrogens is 280 g/mol. The minimum absolute atomic E-state index is 0.441. The Morgan fingerprint density at radius 2 is 2.06 bits per heavy atom. The highest BCUT2D eigenvalue weighted by molar-refractivity contribution is 9.10. The molecule has 1 aromatic heterocycles. The number of para-hydroxylation sites is 1. The van der Waals surface area contributed by atoms with Crippen molar-refractivity contribution in [1.29, 1.82) is 0 Å². The van der Waals surface area contributed by atoms with Crippen molar-refractivity contribution in [2.24, 2.45) is 5.73 Å². The number of benzene rings is 1. The van der Waals surface area contributed by atoms with Gasteiger partial charge in [-0.2, -0.15) is 0 Å². The topological polar surface area (TPSA) is 48.1 Å². The number of nitrogens with two attached hydrogens (primary N) is 1. The Bertz CT molecular complexity index is 502. The van der Waals surface area contributed by atoms with Gasteiger partial charge in [-0.25, -0.2) is 0 Å². The molecule has 0 aliphatic heterocycles. The molecule has 0 spiro atoms. The van der Waals surface area contributed by atoms with Crippen molar-refractivity contribution >= 4 is 15.9 Å². The highest BCUT2D eigenvalue weighted by Gasteiger charge is 2.01. The second-order valence-corrected chi connectivity index (χ2v) is 4.43. The van der Waals surface area contributed by atoms with E-state index < -0.39 is 0 Å². The van der Waals surface area contributed by atoms with Crippen LogP contribution in [0.2, 0.25) is 0 Å². The molecule has 0 unspecified atom stereocenters. The van der Waals surface area contributed by atoms with E-state index in [0.29, 0.717) is 13.2 Å². The summed E-state index contributed by atoms with van der Waals surface area (Å²) in [6, 6.07) is 11.6. The lowest BCUT2D eigenvalue weighted by Gasteiger charge is -2.08. The quantitative estimate of drug-likeness (QED) is 0.943. The Kier molecular flexibility index (Phi) is 4.12. The molecule has 2 N–H and O–H groups in total. The minimum Gasteiger partial charge on any atom is -0.486 e. The van der Waals surface area contributed by atoms with E-state index in [-0.39, 0.29) is 0 Å². The highest BCUT2D eigenvalue weighted by atomic mass is 79.9. The van der Waals surface area contributed by atoms with Gasteiger partial charge in [0.1, 0.15) is 12.4 Å². The maximum atomic E-state index is 5.67. The van der Waals surface area contributed by atoms with E-state index in [0.717, 1.165) is 21.5 Å². The first-order valence-electron chi connectivity index (χ1n) is 5.31. The van der Waals surface area contributed by atoms with Gasteiger partial charge in [0.25, 0.3) is 0 Å². The van der Waals surface area contributed by atoms with Crippen LogP contribution in [0, 0.1) is 0 Å². The van der Waals surface area contributed by atoms with Crippen LogP contribution in [0.15, 0.2) is 47.1 Å². The van der Waals surface area contributed by atoms with E-state index in [1.165, 1.54) is 0 Å². The Morgan fingerprint density at radius 1 is 1.24 bits per heavy atom. The maximum Gasteiger partial charge on any atom is 0.134 e. The summed E-state index contributed by atoms with van der Waals surface area (Å²) >= 11 is 3.43. The Labute approximate surface area is 109 Å². The van der Waals surface area contributed by atoms with Crippen LogP contribution in [0.5, 0.6) is 5.75 Å². The van der Waals surface area contributed by atoms with Crippen LogP contribution in [0.1, 0.15) is 11.3 Å². The molecule has 0 aliphatic carbocycles. The number of aromatic nitrogens is 1. The van der Waals surface area contributed by atoms with E-state index in [1.807, 2.05) is 36.4 Å². The van der Waals surface area contributed by atoms with Crippen LogP contribution in [0.4, 0.5) is 0 Å². The molecule has 1 heterocycles. The van der Waals surface area contributed by atoms with Crippen LogP contribution >= 0.6 is 15.9 Å². The Morgan fingerprint density at radius 3 is 2.82 bits per heavy atom. The van der Waals surface area contributed by atoms with E-state index in [1.54, 1.807) is 6.20 Å². The van der Waals surface area contributed by atoms with Gasteiger partial charge in [-0.1, -0.05) is 12.1 Å². The number of pyridine rings is 1. The third-order valence-electron chi connectivity index (χ3n) is 2.33. The standard InChI is InChI=1S/C13H13BrN2O/c14-12-3-1-2-4-13(12)17-9-11-7-10(8-15)5-6-16-11/h1-7H,8-9,15H2. The smallest absolute Gasteiger partial charge is 0.134 e. The van der Waals surface area contributed by atoms with Gasteiger partial charge in [0, 0.05) is 12.7 Å². The Balaban J connectivity index is 2.05. The predicted molar refractivity (Wildman–Crippen MR) is 70.6 cm³/mol. The molecule has 3 nitrogen and oxygen atoms in total. The molecule has 0 saturated carbocycles. The largest absolute Gasteiger partial charge is 0.486 e. The molecule has 17 heavy (non-hydrogen) atoms. The van der Waals surface area contributed by atoms with Crippen molar-refractivity contribution in [3.63, 3.8) is 0 Å². The second kappa shape index (κ2) is 5.80. The molecule has 88 valence electrons. The number of rotatable bonds is 4. The normalized spacial score (nSPS) is 10.2. The van der Waals surface area contributed by atoms with E-state index >= 15 is 0 Å². The summed E-state index contributed by atoms with van der Waals surface area (Å²) in [7, 11) is 0. The highest BCUT2D eigenvalue weighted by Crippen LogP contribution is 2.24. The summed E-state index contributed by atoms with van der Waals surface area (Å²) in [5.74, 6) is 0.812. The number of nitrogens with zero attached hydrogens (tertiary/aromatic N) is 1. The lowest BCUT2D eigenvalue weighted by Crippen LogP contribution is -2.02. The molecule has 4 heteroatoms. The number of halogens is 1. The van der Waals surface area contributed by atoms with Crippen LogP contribution < -0.4 is 10.5 Å². The van der Waals surface area contributed by atoms with Crippen LogP contribution in [0.3, 0.4) is 0 Å². The third kappa shape index (κ3) is 3.28. The van der Waals surface area contributed by atoms with Gasteiger partial charge >= 0.3 is 0 Å². The van der Waals surface area contributed by atoms with Crippen molar-refractivity contribution in [1.82, 2.24) is 4.98 Å². The second-order valence-electron chi connectivity index (χ2n) is 3.58. The van der Waals surface area contributed by atoms with E-state index in [9.17, 15) is 0 Å². The van der Waals surface area contributed by atoms with Crippen molar-refractivity contribution < 1.29 is 4.74 Å². The van der Waals surface area contributed by atoms with Crippen molar-refractivity contribution in [2.45, 2.75) is 13.2 Å². The average Bonchev–Trinajstić information content (AvgIpc) is 2.38. The summed E-state index contributed by atoms with van der Waals surface area (Å²) in [5, 5.41) is 0. The van der Waals surface area contributed by atoms with Crippen LogP contribution in [0.25, 0.3) is 0 Å². The Hall–Kier alpha value is -1.39. The summed E-state index contributed by atoms with van der Waals surface area (Å²) in [5.41, 5.74) is 7.51. The molecular formula is C13H13BrN2O. The van der Waals surface area contributed by atoms with E-state index in [4.69, 9.17) is 10.5 Å². The SMILES string of the molecule is NCc1ccnc(COc2ccccc2Br)c1. The van der Waals surface area contributed by atoms with Crippen LogP contribution in [-0.4, -0.2) is 4.98 Å². The predicted octanol–water partition coefficient (Wildman–Crippen LogP) is 2.88. The average molecular weight is 293 g/mol. The fraction of sp³-hybridized carbons (Fsp3) is 0.154. The monoisotopic (exact) mass is 292 g/mol. The lowest BCUT2D eigenvalue weighted by atomic mass is 10.2. The van der Waals surface area contributed by atoms with Crippen LogP contribution in [-0.2, 0) is 13.2 Å². The summed E-state index contributed by atoms with van der Waals surface area (Å²) in [6.45, 7) is 0.959. The van der Waals surface area contributed by atoms with Gasteiger partial charge in [-0.05, 0) is 45.8 Å². The van der Waals surface area contributed by atoms with E-state index in [2.05, 4.69) is 20.9 Å². The molecule has 0 bridgehead atoms. The van der Waals surface area contributed by atoms with Gasteiger partial charge < -0.3 is 10.5 Å². The molecule has 0 radical (unpaired) electrons. The number of hydrogen-bond acceptors (Lipinski definition) is 3. The molecule has 0 saturated heterocycles. The minimum atomic E-state index is 0.441. The molecule has 0 atom stereocenters. The first kappa shape index (κ1) is 12.1. The third-order valence-corrected chi connectivity index (χ3v) is 2.98. The molecule has 2 aromatic rings. The van der Waals surface area contributed by atoms with Crippen molar-refractivity contribution in [3.8, 4) is 5.75 Å². The zero-order valence-electron chi connectivity index (χ0n) is 9.27. The summed E-state index contributed by atoms with van der Waals surface area (Å²) in [6.07, 6.45) is 1.75. The van der Waals surface area contributed by atoms with Crippen molar-refractivity contribution in [3.05, 3.63) is 58.3 Å². The lowest BCUT2D eigenvalue weighted by molar-refractivity contribution is 0.299. The van der Waals surface area contributed by atoms with Gasteiger partial charge in [0.15, 0.2) is 0 Å². The maximum absolute atomic E-state index is 5.67. The summed E-state index contributed by atoms with van der Waals surface area (Å²) in [4.78, 5) is 4.24. The molecule has 0 amide bonds. The van der Waals surface area contributed by atoms with Gasteiger partial charge in [-0.3, -0.25) is 4.98 Å². The zero-order valence-corrected chi connectivity index (χ0v) is 10.9. The number of hydrogen-bond donors (Lipinski definition) is 1. The number of ether oxygens (including phenoxy) is 1. The fourth-order valence-electron chi connectivity index (χ4n) is 1.45. The fourth-order valence-corrected chi connectivity index (χ4v) is 1.85. The molecule has 1 aromatic carbocycles. The zero-order chi connectivity index (χ0) is 12.1. The summed E-state index contributed by atoms with van der Waals surface area (Å²) < 4.78 is 6.61. The first-order chi connectivity index (χ1) is 8.29. The molecule has 2 rings (SSSR count). The van der Waals surface area contributed by atoms with Gasteiger partial charge in [0.05, 0.1) is 10.2 Å². The van der Waals surface area contributed by atoms with Gasteiger partial charge in [-0.15, -0.1) is 0 Å². The first-order valence-corrected chi connectivity index (χ1v) is 6.10. The van der Waals surface area contributed by atoms with Gasteiger partial charge in [0.2, 0.25) is 0 Å².